The van der Waals surface area contributed by atoms with Gasteiger partial charge in [0.2, 0.25) is 0 Å². The molecule has 0 aromatic rings. The van der Waals surface area contributed by atoms with E-state index >= 15 is 0 Å². The summed E-state index contributed by atoms with van der Waals surface area (Å²) in [5.41, 5.74) is 0. The van der Waals surface area contributed by atoms with Crippen molar-refractivity contribution < 1.29 is 58.2 Å². The van der Waals surface area contributed by atoms with Gasteiger partial charge in [-0.1, -0.05) is 210 Å². The summed E-state index contributed by atoms with van der Waals surface area (Å²) in [7, 11) is 0. The fourth-order valence-electron chi connectivity index (χ4n) is 8.89. The van der Waals surface area contributed by atoms with Crippen LogP contribution in [0, 0.1) is 0 Å². The van der Waals surface area contributed by atoms with Crippen LogP contribution in [0.2, 0.25) is 0 Å². The lowest BCUT2D eigenvalue weighted by atomic mass is 9.98. The van der Waals surface area contributed by atoms with Crippen molar-refractivity contribution >= 4 is 23.9 Å². The van der Waals surface area contributed by atoms with Crippen LogP contribution in [0.1, 0.15) is 265 Å². The molecule has 0 aromatic heterocycles. The zero-order valence-corrected chi connectivity index (χ0v) is 47.5. The maximum atomic E-state index is 13.2. The van der Waals surface area contributed by atoms with Gasteiger partial charge in [-0.3, -0.25) is 14.4 Å². The molecule has 1 aliphatic heterocycles. The number of carbonyl (C=O) groups is 4. The summed E-state index contributed by atoms with van der Waals surface area (Å²) < 4.78 is 28.4. The first-order valence-corrected chi connectivity index (χ1v) is 30.3. The first-order chi connectivity index (χ1) is 36.6. The first kappa shape index (κ1) is 69.4. The highest BCUT2D eigenvalue weighted by atomic mass is 16.7. The minimum absolute atomic E-state index is 0.0484. The molecule has 75 heavy (non-hydrogen) atoms. The lowest BCUT2D eigenvalue weighted by molar-refractivity contribution is -0.301. The Labute approximate surface area is 456 Å². The molecule has 0 radical (unpaired) electrons. The number of ether oxygens (including phenoxy) is 5. The molecule has 1 saturated heterocycles. The van der Waals surface area contributed by atoms with Gasteiger partial charge in [0, 0.05) is 19.3 Å². The smallest absolute Gasteiger partial charge is 0.335 e. The van der Waals surface area contributed by atoms with E-state index in [0.717, 1.165) is 122 Å². The molecule has 0 aromatic carbocycles. The quantitative estimate of drug-likeness (QED) is 0.0228. The summed E-state index contributed by atoms with van der Waals surface area (Å²) >= 11 is 0. The molecular weight excluding hydrogens is 949 g/mol. The number of aliphatic hydroxyl groups excluding tert-OH is 2. The maximum Gasteiger partial charge on any atom is 0.335 e. The number of unbranched alkanes of at least 4 members (excludes halogenated alkanes) is 27. The van der Waals surface area contributed by atoms with Gasteiger partial charge < -0.3 is 39.0 Å². The molecule has 6 unspecified atom stereocenters. The van der Waals surface area contributed by atoms with E-state index in [4.69, 9.17) is 23.7 Å². The van der Waals surface area contributed by atoms with Crippen molar-refractivity contribution in [1.29, 1.82) is 0 Å². The van der Waals surface area contributed by atoms with Crippen molar-refractivity contribution in [3.8, 4) is 0 Å². The van der Waals surface area contributed by atoms with Crippen LogP contribution in [-0.2, 0) is 42.9 Å². The van der Waals surface area contributed by atoms with Crippen molar-refractivity contribution in [1.82, 2.24) is 0 Å². The fraction of sp³-hybridized carbons (Fsp3) is 0.778. The van der Waals surface area contributed by atoms with E-state index in [-0.39, 0.29) is 25.9 Å². The van der Waals surface area contributed by atoms with Gasteiger partial charge in [-0.2, -0.15) is 0 Å². The number of carboxylic acids is 1. The number of carbonyl (C=O) groups excluding carboxylic acids is 3. The van der Waals surface area contributed by atoms with Crippen molar-refractivity contribution in [3.63, 3.8) is 0 Å². The van der Waals surface area contributed by atoms with Crippen LogP contribution in [0.3, 0.4) is 0 Å². The van der Waals surface area contributed by atoms with Gasteiger partial charge in [0.1, 0.15) is 18.8 Å². The highest BCUT2D eigenvalue weighted by molar-refractivity contribution is 5.74. The van der Waals surface area contributed by atoms with E-state index in [1.165, 1.54) is 83.5 Å². The molecule has 0 aliphatic carbocycles. The SMILES string of the molecule is CC/C=C\C/C=C\C/C=C\CCCCCCCCCC(=O)OCC(COC1OC(C(=O)O)C(O)C(O)C1OC(=O)CCCCCCC/C=C\CCCC)OC(=O)CCCCCCCCC/C=C\CCCCCCCC. The number of hydrogen-bond donors (Lipinski definition) is 3. The molecule has 1 aliphatic rings. The Morgan fingerprint density at radius 2 is 0.853 bits per heavy atom. The Morgan fingerprint density at radius 1 is 0.453 bits per heavy atom. The van der Waals surface area contributed by atoms with Crippen LogP contribution >= 0.6 is 0 Å². The molecule has 432 valence electrons. The molecule has 1 rings (SSSR count). The van der Waals surface area contributed by atoms with Crippen molar-refractivity contribution in [3.05, 3.63) is 60.8 Å². The molecule has 0 amide bonds. The number of allylic oxidation sites excluding steroid dienone is 10. The van der Waals surface area contributed by atoms with Gasteiger partial charge in [-0.05, 0) is 96.3 Å². The minimum Gasteiger partial charge on any atom is -0.479 e. The largest absolute Gasteiger partial charge is 0.479 e. The van der Waals surface area contributed by atoms with Gasteiger partial charge in [0.05, 0.1) is 6.61 Å². The summed E-state index contributed by atoms with van der Waals surface area (Å²) in [6.07, 6.45) is 50.5. The topological polar surface area (TPSA) is 175 Å². The van der Waals surface area contributed by atoms with E-state index in [1.54, 1.807) is 0 Å². The molecule has 3 N–H and O–H groups in total. The average Bonchev–Trinajstić information content (AvgIpc) is 3.39. The highest BCUT2D eigenvalue weighted by Crippen LogP contribution is 2.26. The molecule has 1 heterocycles. The van der Waals surface area contributed by atoms with Gasteiger partial charge in [-0.25, -0.2) is 4.79 Å². The third-order valence-electron chi connectivity index (χ3n) is 13.5. The van der Waals surface area contributed by atoms with Crippen LogP contribution in [0.5, 0.6) is 0 Å². The monoisotopic (exact) mass is 1060 g/mol. The number of carboxylic acid groups (broad SMARTS) is 1. The predicted molar refractivity (Wildman–Crippen MR) is 303 cm³/mol. The molecule has 6 atom stereocenters. The Kier molecular flexibility index (Phi) is 47.4. The van der Waals surface area contributed by atoms with E-state index in [0.29, 0.717) is 19.3 Å². The van der Waals surface area contributed by atoms with Gasteiger partial charge in [-0.15, -0.1) is 0 Å². The molecule has 0 spiro atoms. The van der Waals surface area contributed by atoms with Gasteiger partial charge in [0.15, 0.2) is 24.6 Å². The molecule has 1 fully saturated rings. The van der Waals surface area contributed by atoms with Crippen LogP contribution in [0.25, 0.3) is 0 Å². The molecular formula is C63H108O12. The number of aliphatic carboxylic acids is 1. The Bertz CT molecular complexity index is 1540. The highest BCUT2D eigenvalue weighted by Gasteiger charge is 2.50. The van der Waals surface area contributed by atoms with Crippen LogP contribution in [0.4, 0.5) is 0 Å². The van der Waals surface area contributed by atoms with Crippen molar-refractivity contribution in [2.45, 2.75) is 302 Å². The lowest BCUT2D eigenvalue weighted by Crippen LogP contribution is -2.61. The van der Waals surface area contributed by atoms with Gasteiger partial charge >= 0.3 is 23.9 Å². The van der Waals surface area contributed by atoms with Crippen LogP contribution in [0.15, 0.2) is 60.8 Å². The maximum absolute atomic E-state index is 13.2. The molecule has 12 heteroatoms. The zero-order valence-electron chi connectivity index (χ0n) is 47.5. The second-order valence-corrected chi connectivity index (χ2v) is 20.6. The minimum atomic E-state index is -1.91. The summed E-state index contributed by atoms with van der Waals surface area (Å²) in [5.74, 6) is -3.14. The lowest BCUT2D eigenvalue weighted by Gasteiger charge is -2.40. The first-order valence-electron chi connectivity index (χ1n) is 30.3. The van der Waals surface area contributed by atoms with E-state index in [2.05, 4.69) is 81.5 Å². The summed E-state index contributed by atoms with van der Waals surface area (Å²) in [6, 6.07) is 0. The van der Waals surface area contributed by atoms with E-state index in [9.17, 15) is 34.5 Å². The number of esters is 3. The Morgan fingerprint density at radius 3 is 1.33 bits per heavy atom. The third-order valence-corrected chi connectivity index (χ3v) is 13.5. The number of aliphatic hydroxyl groups is 2. The third kappa shape index (κ3) is 41.2. The van der Waals surface area contributed by atoms with Crippen molar-refractivity contribution in [2.24, 2.45) is 0 Å². The second kappa shape index (κ2) is 51.2. The van der Waals surface area contributed by atoms with E-state index < -0.39 is 67.3 Å². The Balaban J connectivity index is 2.68. The van der Waals surface area contributed by atoms with Crippen molar-refractivity contribution in [2.75, 3.05) is 13.2 Å². The zero-order chi connectivity index (χ0) is 54.7. The standard InChI is InChI=1S/C63H108O12/c1-4-7-10-13-16-19-22-24-26-28-30-32-35-37-40-43-46-49-55(64)71-52-54(73-56(65)50-47-44-41-39-36-33-31-29-27-25-23-20-17-14-11-8-5-2)53-72-63-61(59(68)58(67)60(75-63)62(69)70)74-57(66)51-48-45-42-38-34-21-18-15-12-9-6-3/h7,10,15-16,18-19,24-27,54,58-61,63,67-68H,4-6,8-9,11-14,17,20-23,28-53H2,1-3H3,(H,69,70)/b10-7-,18-15-,19-16-,26-24-,27-25-. The van der Waals surface area contributed by atoms with Crippen LogP contribution in [-0.4, -0.2) is 89.2 Å². The number of hydrogen-bond acceptors (Lipinski definition) is 11. The van der Waals surface area contributed by atoms with E-state index in [1.807, 2.05) is 0 Å². The van der Waals surface area contributed by atoms with Gasteiger partial charge in [0.25, 0.3) is 0 Å². The molecule has 12 nitrogen and oxygen atoms in total. The summed E-state index contributed by atoms with van der Waals surface area (Å²) in [6.45, 7) is 5.83. The second-order valence-electron chi connectivity index (χ2n) is 20.6. The fourth-order valence-corrected chi connectivity index (χ4v) is 8.89. The van der Waals surface area contributed by atoms with Crippen LogP contribution < -0.4 is 0 Å². The summed E-state index contributed by atoms with van der Waals surface area (Å²) in [4.78, 5) is 51.1. The summed E-state index contributed by atoms with van der Waals surface area (Å²) in [5, 5.41) is 31.4. The average molecular weight is 1060 g/mol. The molecule has 0 bridgehead atoms. The molecule has 0 saturated carbocycles. The Hall–Kier alpha value is -3.58. The number of rotatable bonds is 51. The normalized spacial score (nSPS) is 18.5. The predicted octanol–water partition coefficient (Wildman–Crippen LogP) is 15.6.